The fraction of sp³-hybridized carbons (Fsp3) is 0.333. The summed E-state index contributed by atoms with van der Waals surface area (Å²) < 4.78 is 0. The van der Waals surface area contributed by atoms with Gasteiger partial charge in [-0.3, -0.25) is 9.69 Å². The van der Waals surface area contributed by atoms with Gasteiger partial charge in [0.15, 0.2) is 0 Å². The monoisotopic (exact) mass is 218 g/mol. The summed E-state index contributed by atoms with van der Waals surface area (Å²) in [5.41, 5.74) is 1.02. The number of carbonyl (C=O) groups is 2. The Balaban J connectivity index is 1.83. The molecule has 0 aliphatic carbocycles. The predicted molar refractivity (Wildman–Crippen MR) is 59.6 cm³/mol. The smallest absolute Gasteiger partial charge is 0.324 e. The molecule has 1 saturated heterocycles. The minimum atomic E-state index is -0.299. The molecule has 1 atom stereocenters. The van der Waals surface area contributed by atoms with Crippen molar-refractivity contribution >= 4 is 11.9 Å². The van der Waals surface area contributed by atoms with E-state index in [4.69, 9.17) is 0 Å². The summed E-state index contributed by atoms with van der Waals surface area (Å²) in [6.45, 7) is 2.81. The van der Waals surface area contributed by atoms with E-state index < -0.39 is 0 Å². The van der Waals surface area contributed by atoms with Crippen molar-refractivity contribution < 1.29 is 9.59 Å². The Morgan fingerprint density at radius 1 is 1.44 bits per heavy atom. The van der Waals surface area contributed by atoms with E-state index in [1.807, 2.05) is 37.3 Å². The second kappa shape index (κ2) is 4.35. The Hall–Kier alpha value is -1.84. The highest BCUT2D eigenvalue weighted by Gasteiger charge is 2.37. The van der Waals surface area contributed by atoms with E-state index in [1.54, 1.807) is 0 Å². The van der Waals surface area contributed by atoms with Crippen LogP contribution in [-0.4, -0.2) is 23.4 Å². The zero-order valence-corrected chi connectivity index (χ0v) is 9.14. The maximum Gasteiger partial charge on any atom is 0.324 e. The highest BCUT2D eigenvalue weighted by molar-refractivity contribution is 5.99. The molecule has 4 heteroatoms. The molecular weight excluding hydrogens is 204 g/mol. The van der Waals surface area contributed by atoms with Gasteiger partial charge >= 0.3 is 6.03 Å². The average molecular weight is 218 g/mol. The number of β-lactam (4-membered cyclic amide) rings is 1. The van der Waals surface area contributed by atoms with Gasteiger partial charge in [0, 0.05) is 13.1 Å². The third-order valence-corrected chi connectivity index (χ3v) is 2.68. The molecule has 0 unspecified atom stereocenters. The molecule has 1 aliphatic rings. The SMILES string of the molecule is C[C@H]1CN(C(=O)NCc2ccccc2)C1=O. The number of rotatable bonds is 2. The molecule has 1 aromatic carbocycles. The molecular formula is C12H14N2O2. The molecule has 16 heavy (non-hydrogen) atoms. The molecule has 3 amide bonds. The number of hydrogen-bond acceptors (Lipinski definition) is 2. The molecule has 0 radical (unpaired) electrons. The van der Waals surface area contributed by atoms with Gasteiger partial charge < -0.3 is 5.32 Å². The van der Waals surface area contributed by atoms with Crippen molar-refractivity contribution in [3.8, 4) is 0 Å². The molecule has 2 rings (SSSR count). The van der Waals surface area contributed by atoms with Crippen LogP contribution in [0.15, 0.2) is 30.3 Å². The topological polar surface area (TPSA) is 49.4 Å². The van der Waals surface area contributed by atoms with Crippen molar-refractivity contribution in [2.45, 2.75) is 13.5 Å². The highest BCUT2D eigenvalue weighted by Crippen LogP contribution is 2.16. The maximum atomic E-state index is 11.5. The molecule has 84 valence electrons. The Morgan fingerprint density at radius 2 is 2.12 bits per heavy atom. The van der Waals surface area contributed by atoms with Crippen molar-refractivity contribution in [2.24, 2.45) is 5.92 Å². The van der Waals surface area contributed by atoms with Crippen LogP contribution in [0.4, 0.5) is 4.79 Å². The van der Waals surface area contributed by atoms with Crippen LogP contribution in [0.3, 0.4) is 0 Å². The second-order valence-corrected chi connectivity index (χ2v) is 3.99. The lowest BCUT2D eigenvalue weighted by Gasteiger charge is -2.34. The van der Waals surface area contributed by atoms with Gasteiger partial charge in [-0.15, -0.1) is 0 Å². The number of nitrogens with zero attached hydrogens (tertiary/aromatic N) is 1. The van der Waals surface area contributed by atoms with Crippen LogP contribution in [0.2, 0.25) is 0 Å². The number of carbonyl (C=O) groups excluding carboxylic acids is 2. The lowest BCUT2D eigenvalue weighted by molar-refractivity contribution is -0.141. The number of amides is 3. The number of imide groups is 1. The van der Waals surface area contributed by atoms with Gasteiger partial charge in [-0.05, 0) is 5.56 Å². The van der Waals surface area contributed by atoms with Gasteiger partial charge in [-0.2, -0.15) is 0 Å². The number of nitrogens with one attached hydrogen (secondary N) is 1. The van der Waals surface area contributed by atoms with Crippen LogP contribution < -0.4 is 5.32 Å². The molecule has 1 aromatic rings. The van der Waals surface area contributed by atoms with Crippen LogP contribution in [0.1, 0.15) is 12.5 Å². The van der Waals surface area contributed by atoms with Gasteiger partial charge in [0.2, 0.25) is 5.91 Å². The Bertz CT molecular complexity index is 403. The molecule has 0 bridgehead atoms. The normalized spacial score (nSPS) is 19.2. The van der Waals surface area contributed by atoms with Crippen molar-refractivity contribution in [1.29, 1.82) is 0 Å². The fourth-order valence-electron chi connectivity index (χ4n) is 1.65. The van der Waals surface area contributed by atoms with E-state index in [0.717, 1.165) is 5.56 Å². The number of benzene rings is 1. The zero-order chi connectivity index (χ0) is 11.5. The molecule has 0 aromatic heterocycles. The Kier molecular flexibility index (Phi) is 2.90. The van der Waals surface area contributed by atoms with Crippen LogP contribution in [0.5, 0.6) is 0 Å². The van der Waals surface area contributed by atoms with E-state index in [-0.39, 0.29) is 17.9 Å². The van der Waals surface area contributed by atoms with E-state index in [1.165, 1.54) is 4.90 Å². The van der Waals surface area contributed by atoms with E-state index in [0.29, 0.717) is 13.1 Å². The summed E-state index contributed by atoms with van der Waals surface area (Å²) in [5, 5.41) is 2.72. The lowest BCUT2D eigenvalue weighted by Crippen LogP contribution is -2.57. The molecule has 0 saturated carbocycles. The van der Waals surface area contributed by atoms with Crippen LogP contribution >= 0.6 is 0 Å². The predicted octanol–water partition coefficient (Wildman–Crippen LogP) is 1.37. The number of hydrogen-bond donors (Lipinski definition) is 1. The van der Waals surface area contributed by atoms with E-state index in [9.17, 15) is 9.59 Å². The average Bonchev–Trinajstić information content (AvgIpc) is 2.33. The van der Waals surface area contributed by atoms with Crippen LogP contribution in [-0.2, 0) is 11.3 Å². The first-order valence-corrected chi connectivity index (χ1v) is 5.31. The van der Waals surface area contributed by atoms with Gasteiger partial charge in [0.25, 0.3) is 0 Å². The largest absolute Gasteiger partial charge is 0.334 e. The van der Waals surface area contributed by atoms with Crippen molar-refractivity contribution in [3.63, 3.8) is 0 Å². The minimum Gasteiger partial charge on any atom is -0.334 e. The third kappa shape index (κ3) is 2.05. The first-order valence-electron chi connectivity index (χ1n) is 5.31. The van der Waals surface area contributed by atoms with Crippen molar-refractivity contribution in [2.75, 3.05) is 6.54 Å². The van der Waals surface area contributed by atoms with Gasteiger partial charge in [-0.25, -0.2) is 4.79 Å². The fourth-order valence-corrected chi connectivity index (χ4v) is 1.65. The summed E-state index contributed by atoms with van der Waals surface area (Å²) in [6.07, 6.45) is 0. The summed E-state index contributed by atoms with van der Waals surface area (Å²) in [7, 11) is 0. The molecule has 0 spiro atoms. The summed E-state index contributed by atoms with van der Waals surface area (Å²) in [4.78, 5) is 24.1. The van der Waals surface area contributed by atoms with Crippen LogP contribution in [0, 0.1) is 5.92 Å². The Labute approximate surface area is 94.2 Å². The quantitative estimate of drug-likeness (QED) is 0.762. The van der Waals surface area contributed by atoms with Crippen LogP contribution in [0.25, 0.3) is 0 Å². The molecule has 1 aliphatic heterocycles. The van der Waals surface area contributed by atoms with Crippen molar-refractivity contribution in [1.82, 2.24) is 10.2 Å². The third-order valence-electron chi connectivity index (χ3n) is 2.68. The zero-order valence-electron chi connectivity index (χ0n) is 9.14. The number of likely N-dealkylation sites (tertiary alicyclic amines) is 1. The molecule has 4 nitrogen and oxygen atoms in total. The van der Waals surface area contributed by atoms with E-state index in [2.05, 4.69) is 5.32 Å². The summed E-state index contributed by atoms with van der Waals surface area (Å²) in [5.74, 6) is -0.104. The minimum absolute atomic E-state index is 0.0116. The van der Waals surface area contributed by atoms with E-state index >= 15 is 0 Å². The summed E-state index contributed by atoms with van der Waals surface area (Å²) in [6, 6.07) is 9.32. The van der Waals surface area contributed by atoms with Gasteiger partial charge in [0.05, 0.1) is 5.92 Å². The number of urea groups is 1. The molecule has 1 heterocycles. The molecule has 1 N–H and O–H groups in total. The van der Waals surface area contributed by atoms with Gasteiger partial charge in [-0.1, -0.05) is 37.3 Å². The summed E-state index contributed by atoms with van der Waals surface area (Å²) >= 11 is 0. The first-order chi connectivity index (χ1) is 7.68. The Morgan fingerprint density at radius 3 is 2.69 bits per heavy atom. The van der Waals surface area contributed by atoms with Crippen molar-refractivity contribution in [3.05, 3.63) is 35.9 Å². The van der Waals surface area contributed by atoms with Gasteiger partial charge in [0.1, 0.15) is 0 Å². The first kappa shape index (κ1) is 10.7. The lowest BCUT2D eigenvalue weighted by atomic mass is 10.0. The second-order valence-electron chi connectivity index (χ2n) is 3.99. The highest BCUT2D eigenvalue weighted by atomic mass is 16.2. The molecule has 1 fully saturated rings. The maximum absolute atomic E-state index is 11.5. The standard InChI is InChI=1S/C12H14N2O2/c1-9-8-14(11(9)15)12(16)13-7-10-5-3-2-4-6-10/h2-6,9H,7-8H2,1H3,(H,13,16)/t9-/m0/s1.